The maximum absolute atomic E-state index is 2.31. The number of hydrogen-bond donors (Lipinski definition) is 0. The van der Waals surface area contributed by atoms with Crippen LogP contribution in [-0.2, 0) is 7.05 Å². The van der Waals surface area contributed by atoms with E-state index in [0.29, 0.717) is 0 Å². The zero-order valence-electron chi connectivity index (χ0n) is 16.2. The van der Waals surface area contributed by atoms with Crippen LogP contribution in [0, 0.1) is 27.7 Å². The smallest absolute Gasteiger partial charge is 0.217 e. The molecule has 0 fully saturated rings. The highest BCUT2D eigenvalue weighted by molar-refractivity contribution is 5.88. The molecule has 0 spiro atoms. The van der Waals surface area contributed by atoms with Crippen LogP contribution in [0.3, 0.4) is 0 Å². The van der Waals surface area contributed by atoms with Gasteiger partial charge in [-0.05, 0) is 44.5 Å². The van der Waals surface area contributed by atoms with Gasteiger partial charge in [0.05, 0.1) is 0 Å². The second kappa shape index (κ2) is 6.14. The first-order chi connectivity index (χ1) is 12.5. The first-order valence-electron chi connectivity index (χ1n) is 9.12. The number of rotatable bonds is 2. The fourth-order valence-corrected chi connectivity index (χ4v) is 4.25. The van der Waals surface area contributed by atoms with Crippen LogP contribution in [0.1, 0.15) is 22.4 Å². The second-order valence-electron chi connectivity index (χ2n) is 7.22. The highest BCUT2D eigenvalue weighted by Gasteiger charge is 2.22. The zero-order chi connectivity index (χ0) is 18.4. The Bertz CT molecular complexity index is 1130. The lowest BCUT2D eigenvalue weighted by Gasteiger charge is -2.15. The lowest BCUT2D eigenvalue weighted by atomic mass is 9.94. The Hall–Kier alpha value is -2.87. The first-order valence-corrected chi connectivity index (χ1v) is 9.12. The van der Waals surface area contributed by atoms with E-state index in [1.165, 1.54) is 50.2 Å². The molecule has 26 heavy (non-hydrogen) atoms. The fraction of sp³-hybridized carbons (Fsp3) is 0.208. The van der Waals surface area contributed by atoms with E-state index in [1.54, 1.807) is 0 Å². The van der Waals surface area contributed by atoms with Crippen LogP contribution >= 0.6 is 0 Å². The van der Waals surface area contributed by atoms with E-state index in [2.05, 4.69) is 105 Å². The Morgan fingerprint density at radius 3 is 2.27 bits per heavy atom. The fourth-order valence-electron chi connectivity index (χ4n) is 4.25. The number of nitrogens with zero attached hydrogens (tertiary/aromatic N) is 2. The van der Waals surface area contributed by atoms with Gasteiger partial charge >= 0.3 is 0 Å². The summed E-state index contributed by atoms with van der Waals surface area (Å²) in [6.07, 6.45) is 2.16. The summed E-state index contributed by atoms with van der Waals surface area (Å²) < 4.78 is 4.61. The van der Waals surface area contributed by atoms with Crippen LogP contribution in [0.4, 0.5) is 0 Å². The average molecular weight is 341 g/mol. The van der Waals surface area contributed by atoms with Crippen LogP contribution in [0.5, 0.6) is 0 Å². The molecule has 0 N–H and O–H groups in total. The van der Waals surface area contributed by atoms with Crippen LogP contribution in [-0.4, -0.2) is 4.57 Å². The third-order valence-electron chi connectivity index (χ3n) is 5.44. The Labute approximate surface area is 155 Å². The summed E-state index contributed by atoms with van der Waals surface area (Å²) in [7, 11) is 2.16. The van der Waals surface area contributed by atoms with Gasteiger partial charge in [0, 0.05) is 59.4 Å². The minimum atomic E-state index is 1.24. The predicted octanol–water partition coefficient (Wildman–Crippen LogP) is 5.36. The van der Waals surface area contributed by atoms with Crippen molar-refractivity contribution < 1.29 is 4.57 Å². The Balaban J connectivity index is 2.05. The number of fused-ring (bicyclic) bond motifs is 1. The van der Waals surface area contributed by atoms with Gasteiger partial charge < -0.3 is 4.57 Å². The van der Waals surface area contributed by atoms with Crippen molar-refractivity contribution in [3.8, 4) is 16.9 Å². The highest BCUT2D eigenvalue weighted by atomic mass is 15.0. The summed E-state index contributed by atoms with van der Waals surface area (Å²) in [5, 5.41) is 1.29. The molecule has 0 radical (unpaired) electrons. The SMILES string of the molecule is Cc1cc(C)c(-[n+]2ccccc2C)c(C)c1-c1cc2ccccc2n1C. The Morgan fingerprint density at radius 2 is 1.54 bits per heavy atom. The van der Waals surface area contributed by atoms with Crippen LogP contribution in [0.2, 0.25) is 0 Å². The van der Waals surface area contributed by atoms with E-state index in [-0.39, 0.29) is 0 Å². The van der Waals surface area contributed by atoms with E-state index in [0.717, 1.165) is 0 Å². The molecular weight excluding hydrogens is 316 g/mol. The summed E-state index contributed by atoms with van der Waals surface area (Å²) in [5.74, 6) is 0. The van der Waals surface area contributed by atoms with Gasteiger partial charge in [-0.3, -0.25) is 0 Å². The van der Waals surface area contributed by atoms with Crippen molar-refractivity contribution in [2.24, 2.45) is 7.05 Å². The van der Waals surface area contributed by atoms with Gasteiger partial charge in [0.2, 0.25) is 5.69 Å². The van der Waals surface area contributed by atoms with E-state index in [9.17, 15) is 0 Å². The quantitative estimate of drug-likeness (QED) is 0.434. The summed E-state index contributed by atoms with van der Waals surface area (Å²) in [6, 6.07) is 19.6. The molecule has 2 aromatic carbocycles. The number of aromatic nitrogens is 2. The van der Waals surface area contributed by atoms with E-state index >= 15 is 0 Å². The number of benzene rings is 2. The molecule has 0 aliphatic heterocycles. The third kappa shape index (κ3) is 2.45. The van der Waals surface area contributed by atoms with Crippen molar-refractivity contribution in [3.63, 3.8) is 0 Å². The Kier molecular flexibility index (Phi) is 3.91. The largest absolute Gasteiger partial charge is 0.344 e. The monoisotopic (exact) mass is 341 g/mol. The van der Waals surface area contributed by atoms with E-state index in [4.69, 9.17) is 0 Å². The molecule has 0 saturated heterocycles. The topological polar surface area (TPSA) is 8.81 Å². The van der Waals surface area contributed by atoms with Gasteiger partial charge in [0.25, 0.3) is 0 Å². The molecule has 4 aromatic rings. The molecule has 0 unspecified atom stereocenters. The summed E-state index contributed by atoms with van der Waals surface area (Å²) >= 11 is 0. The maximum Gasteiger partial charge on any atom is 0.217 e. The molecule has 0 aliphatic rings. The number of aryl methyl sites for hydroxylation is 4. The molecule has 0 atom stereocenters. The van der Waals surface area contributed by atoms with Gasteiger partial charge in [-0.15, -0.1) is 0 Å². The number of para-hydroxylation sites is 1. The van der Waals surface area contributed by atoms with Gasteiger partial charge in [0.15, 0.2) is 11.9 Å². The highest BCUT2D eigenvalue weighted by Crippen LogP contribution is 2.34. The van der Waals surface area contributed by atoms with Crippen LogP contribution in [0.15, 0.2) is 60.8 Å². The van der Waals surface area contributed by atoms with Crippen molar-refractivity contribution in [2.45, 2.75) is 27.7 Å². The molecule has 0 saturated carbocycles. The molecule has 130 valence electrons. The van der Waals surface area contributed by atoms with Gasteiger partial charge in [0.1, 0.15) is 0 Å². The predicted molar refractivity (Wildman–Crippen MR) is 109 cm³/mol. The lowest BCUT2D eigenvalue weighted by Crippen LogP contribution is -2.35. The third-order valence-corrected chi connectivity index (χ3v) is 5.44. The minimum absolute atomic E-state index is 1.24. The molecule has 2 aromatic heterocycles. The van der Waals surface area contributed by atoms with Gasteiger partial charge in [-0.1, -0.05) is 24.3 Å². The standard InChI is InChI=1S/C24H25N2/c1-16-14-17(2)24(26-13-9-8-10-18(26)3)19(4)23(16)22-15-20-11-6-7-12-21(20)25(22)5/h6-15H,1-5H3/q+1. The molecule has 2 nitrogen and oxygen atoms in total. The number of pyridine rings is 1. The van der Waals surface area contributed by atoms with E-state index in [1.807, 2.05) is 0 Å². The first kappa shape index (κ1) is 16.6. The summed E-state index contributed by atoms with van der Waals surface area (Å²) in [5.41, 5.74) is 10.4. The summed E-state index contributed by atoms with van der Waals surface area (Å²) in [6.45, 7) is 8.84. The van der Waals surface area contributed by atoms with Gasteiger partial charge in [-0.25, -0.2) is 0 Å². The summed E-state index contributed by atoms with van der Waals surface area (Å²) in [4.78, 5) is 0. The molecule has 2 heterocycles. The second-order valence-corrected chi connectivity index (χ2v) is 7.22. The molecular formula is C24H25N2+. The zero-order valence-corrected chi connectivity index (χ0v) is 16.2. The minimum Gasteiger partial charge on any atom is -0.344 e. The lowest BCUT2D eigenvalue weighted by molar-refractivity contribution is -0.603. The van der Waals surface area contributed by atoms with Crippen LogP contribution in [0.25, 0.3) is 27.8 Å². The van der Waals surface area contributed by atoms with Crippen molar-refractivity contribution >= 4 is 10.9 Å². The maximum atomic E-state index is 2.31. The van der Waals surface area contributed by atoms with Crippen molar-refractivity contribution in [1.82, 2.24) is 4.57 Å². The normalized spacial score (nSPS) is 11.3. The molecule has 0 amide bonds. The molecule has 0 bridgehead atoms. The van der Waals surface area contributed by atoms with Crippen molar-refractivity contribution in [3.05, 3.63) is 83.2 Å². The van der Waals surface area contributed by atoms with Crippen LogP contribution < -0.4 is 4.57 Å². The molecule has 2 heteroatoms. The molecule has 4 rings (SSSR count). The average Bonchev–Trinajstić information content (AvgIpc) is 2.93. The van der Waals surface area contributed by atoms with E-state index < -0.39 is 0 Å². The Morgan fingerprint density at radius 1 is 0.808 bits per heavy atom. The molecule has 0 aliphatic carbocycles. The number of hydrogen-bond acceptors (Lipinski definition) is 0. The van der Waals surface area contributed by atoms with Crippen molar-refractivity contribution in [1.29, 1.82) is 0 Å². The van der Waals surface area contributed by atoms with Crippen molar-refractivity contribution in [2.75, 3.05) is 0 Å². The van der Waals surface area contributed by atoms with Gasteiger partial charge in [-0.2, -0.15) is 4.57 Å².